The Bertz CT molecular complexity index is 265. The lowest BCUT2D eigenvalue weighted by Gasteiger charge is -2.10. The van der Waals surface area contributed by atoms with Crippen LogP contribution in [0.5, 0.6) is 0 Å². The molecule has 78 valence electrons. The van der Waals surface area contributed by atoms with E-state index < -0.39 is 0 Å². The van der Waals surface area contributed by atoms with E-state index in [-0.39, 0.29) is 0 Å². The molecule has 0 aliphatic carbocycles. The zero-order valence-electron chi connectivity index (χ0n) is 8.71. The van der Waals surface area contributed by atoms with Crippen LogP contribution >= 0.6 is 0 Å². The first-order valence-electron chi connectivity index (χ1n) is 4.68. The number of nitrogens with zero attached hydrogens (tertiary/aromatic N) is 1. The number of ether oxygens (including phenoxy) is 1. The predicted molar refractivity (Wildman–Crippen MR) is 57.4 cm³/mol. The third kappa shape index (κ3) is 3.32. The van der Waals surface area contributed by atoms with Crippen LogP contribution in [0.25, 0.3) is 0 Å². The Labute approximate surface area is 84.7 Å². The summed E-state index contributed by atoms with van der Waals surface area (Å²) in [5.41, 5.74) is 2.29. The quantitative estimate of drug-likeness (QED) is 0.661. The van der Waals surface area contributed by atoms with Crippen molar-refractivity contribution in [3.05, 3.63) is 24.0 Å². The third-order valence-corrected chi connectivity index (χ3v) is 1.89. The molecular formula is C10H17N3O. The van der Waals surface area contributed by atoms with Crippen molar-refractivity contribution in [3.63, 3.8) is 0 Å². The second kappa shape index (κ2) is 6.34. The van der Waals surface area contributed by atoms with Crippen molar-refractivity contribution >= 4 is 5.69 Å². The second-order valence-corrected chi connectivity index (χ2v) is 2.98. The molecule has 0 aromatic carbocycles. The summed E-state index contributed by atoms with van der Waals surface area (Å²) in [4.78, 5) is 4.08. The molecule has 14 heavy (non-hydrogen) atoms. The van der Waals surface area contributed by atoms with Gasteiger partial charge in [-0.15, -0.1) is 0 Å². The van der Waals surface area contributed by atoms with Crippen LogP contribution in [0.3, 0.4) is 0 Å². The molecular weight excluding hydrogens is 178 g/mol. The standard InChI is InChI=1S/C10H17N3O/c1-11-7-9-8-12-4-3-10(9)13-5-6-14-2/h3-4,8,11H,5-7H2,1-2H3,(H,12,13). The monoisotopic (exact) mass is 195 g/mol. The lowest BCUT2D eigenvalue weighted by atomic mass is 10.2. The molecule has 0 unspecified atom stereocenters. The van der Waals surface area contributed by atoms with E-state index in [1.165, 1.54) is 5.56 Å². The van der Waals surface area contributed by atoms with Crippen molar-refractivity contribution in [2.45, 2.75) is 6.54 Å². The summed E-state index contributed by atoms with van der Waals surface area (Å²) < 4.78 is 4.97. The third-order valence-electron chi connectivity index (χ3n) is 1.89. The molecule has 1 aromatic rings. The van der Waals surface area contributed by atoms with E-state index in [0.29, 0.717) is 6.61 Å². The van der Waals surface area contributed by atoms with Crippen LogP contribution in [0.2, 0.25) is 0 Å². The van der Waals surface area contributed by atoms with Crippen LogP contribution in [0.4, 0.5) is 5.69 Å². The molecule has 0 radical (unpaired) electrons. The van der Waals surface area contributed by atoms with Gasteiger partial charge in [-0.25, -0.2) is 0 Å². The van der Waals surface area contributed by atoms with Crippen LogP contribution in [0.1, 0.15) is 5.56 Å². The molecule has 0 atom stereocenters. The first-order valence-corrected chi connectivity index (χ1v) is 4.68. The average Bonchev–Trinajstić information content (AvgIpc) is 2.21. The zero-order chi connectivity index (χ0) is 10.2. The highest BCUT2D eigenvalue weighted by molar-refractivity contribution is 5.49. The number of pyridine rings is 1. The Morgan fingerprint density at radius 3 is 3.07 bits per heavy atom. The van der Waals surface area contributed by atoms with Gasteiger partial charge in [-0.3, -0.25) is 4.98 Å². The predicted octanol–water partition coefficient (Wildman–Crippen LogP) is 0.859. The summed E-state index contributed by atoms with van der Waals surface area (Å²) >= 11 is 0. The number of anilines is 1. The van der Waals surface area contributed by atoms with Gasteiger partial charge in [0.25, 0.3) is 0 Å². The van der Waals surface area contributed by atoms with Gasteiger partial charge in [-0.2, -0.15) is 0 Å². The normalized spacial score (nSPS) is 10.1. The highest BCUT2D eigenvalue weighted by atomic mass is 16.5. The van der Waals surface area contributed by atoms with Crippen LogP contribution in [0, 0.1) is 0 Å². The van der Waals surface area contributed by atoms with Crippen molar-refractivity contribution in [2.24, 2.45) is 0 Å². The first kappa shape index (κ1) is 10.9. The molecule has 4 heteroatoms. The summed E-state index contributed by atoms with van der Waals surface area (Å²) in [6.07, 6.45) is 3.65. The smallest absolute Gasteiger partial charge is 0.0635 e. The Hall–Kier alpha value is -1.13. The molecule has 4 nitrogen and oxygen atoms in total. The SMILES string of the molecule is CNCc1cnccc1NCCOC. The van der Waals surface area contributed by atoms with E-state index in [2.05, 4.69) is 15.6 Å². The Kier molecular flexibility index (Phi) is 4.96. The van der Waals surface area contributed by atoms with Crippen LogP contribution in [0.15, 0.2) is 18.5 Å². The number of methoxy groups -OCH3 is 1. The van der Waals surface area contributed by atoms with Crippen molar-refractivity contribution in [1.29, 1.82) is 0 Å². The molecule has 0 fully saturated rings. The average molecular weight is 195 g/mol. The van der Waals surface area contributed by atoms with E-state index >= 15 is 0 Å². The highest BCUT2D eigenvalue weighted by Crippen LogP contribution is 2.12. The van der Waals surface area contributed by atoms with E-state index in [4.69, 9.17) is 4.74 Å². The number of nitrogens with one attached hydrogen (secondary N) is 2. The lowest BCUT2D eigenvalue weighted by Crippen LogP contribution is -2.12. The van der Waals surface area contributed by atoms with Gasteiger partial charge in [0, 0.05) is 43.8 Å². The number of aromatic nitrogens is 1. The molecule has 2 N–H and O–H groups in total. The summed E-state index contributed by atoms with van der Waals surface area (Å²) in [5, 5.41) is 6.40. The van der Waals surface area contributed by atoms with E-state index in [1.807, 2.05) is 19.3 Å². The molecule has 0 saturated heterocycles. The first-order chi connectivity index (χ1) is 6.88. The summed E-state index contributed by atoms with van der Waals surface area (Å²) in [7, 11) is 3.62. The van der Waals surface area contributed by atoms with Gasteiger partial charge in [0.05, 0.1) is 6.61 Å². The fourth-order valence-corrected chi connectivity index (χ4v) is 1.22. The molecule has 0 aliphatic heterocycles. The summed E-state index contributed by atoms with van der Waals surface area (Å²) in [5.74, 6) is 0. The topological polar surface area (TPSA) is 46.2 Å². The number of rotatable bonds is 6. The molecule has 0 amide bonds. The molecule has 1 heterocycles. The maximum atomic E-state index is 4.97. The minimum absolute atomic E-state index is 0.710. The van der Waals surface area contributed by atoms with Gasteiger partial charge < -0.3 is 15.4 Å². The maximum Gasteiger partial charge on any atom is 0.0635 e. The van der Waals surface area contributed by atoms with Gasteiger partial charge in [0.1, 0.15) is 0 Å². The minimum atomic E-state index is 0.710. The van der Waals surface area contributed by atoms with Crippen LogP contribution < -0.4 is 10.6 Å². The summed E-state index contributed by atoms with van der Waals surface area (Å²) in [6, 6.07) is 1.97. The van der Waals surface area contributed by atoms with Crippen molar-refractivity contribution in [3.8, 4) is 0 Å². The molecule has 1 rings (SSSR count). The highest BCUT2D eigenvalue weighted by Gasteiger charge is 1.99. The van der Waals surface area contributed by atoms with Gasteiger partial charge >= 0.3 is 0 Å². The number of hydrogen-bond donors (Lipinski definition) is 2. The van der Waals surface area contributed by atoms with Crippen LogP contribution in [-0.4, -0.2) is 32.3 Å². The largest absolute Gasteiger partial charge is 0.383 e. The molecule has 0 aliphatic rings. The van der Waals surface area contributed by atoms with Crippen molar-refractivity contribution < 1.29 is 4.74 Å². The molecule has 0 bridgehead atoms. The Balaban J connectivity index is 2.55. The summed E-state index contributed by atoms with van der Waals surface area (Å²) in [6.45, 7) is 2.35. The van der Waals surface area contributed by atoms with Gasteiger partial charge in [-0.05, 0) is 13.1 Å². The fourth-order valence-electron chi connectivity index (χ4n) is 1.22. The van der Waals surface area contributed by atoms with Crippen LogP contribution in [-0.2, 0) is 11.3 Å². The maximum absolute atomic E-state index is 4.97. The molecule has 0 saturated carbocycles. The second-order valence-electron chi connectivity index (χ2n) is 2.98. The zero-order valence-corrected chi connectivity index (χ0v) is 8.71. The molecule has 0 spiro atoms. The minimum Gasteiger partial charge on any atom is -0.383 e. The Morgan fingerprint density at radius 2 is 2.36 bits per heavy atom. The van der Waals surface area contributed by atoms with Gasteiger partial charge in [0.2, 0.25) is 0 Å². The van der Waals surface area contributed by atoms with Gasteiger partial charge in [0.15, 0.2) is 0 Å². The lowest BCUT2D eigenvalue weighted by molar-refractivity contribution is 0.211. The number of hydrogen-bond acceptors (Lipinski definition) is 4. The van der Waals surface area contributed by atoms with E-state index in [9.17, 15) is 0 Å². The molecule has 1 aromatic heterocycles. The van der Waals surface area contributed by atoms with Crippen molar-refractivity contribution in [2.75, 3.05) is 32.6 Å². The van der Waals surface area contributed by atoms with Crippen molar-refractivity contribution in [1.82, 2.24) is 10.3 Å². The van der Waals surface area contributed by atoms with E-state index in [0.717, 1.165) is 18.8 Å². The Morgan fingerprint density at radius 1 is 1.50 bits per heavy atom. The van der Waals surface area contributed by atoms with Gasteiger partial charge in [-0.1, -0.05) is 0 Å². The fraction of sp³-hybridized carbons (Fsp3) is 0.500. The van der Waals surface area contributed by atoms with E-state index in [1.54, 1.807) is 13.3 Å².